The molecule has 3 nitrogen and oxygen atoms in total. The standard InChI is InChI=1S/C16H23NO2/c1-13(8-4-2-7-11-16(17)19)15(18)12-14-9-5-3-6-10-14/h3,5-7,9-11,13,15,18H,2,4,8,12H2,1H3,(H2,17,19)/b11-7+. The van der Waals surface area contributed by atoms with Crippen LogP contribution in [-0.4, -0.2) is 17.1 Å². The molecule has 104 valence electrons. The Hall–Kier alpha value is -1.61. The minimum absolute atomic E-state index is 0.252. The van der Waals surface area contributed by atoms with Crippen molar-refractivity contribution in [1.29, 1.82) is 0 Å². The Labute approximate surface area is 115 Å². The number of carbonyl (C=O) groups excluding carboxylic acids is 1. The van der Waals surface area contributed by atoms with E-state index >= 15 is 0 Å². The van der Waals surface area contributed by atoms with Crippen molar-refractivity contribution >= 4 is 5.91 Å². The number of aliphatic hydroxyl groups is 1. The molecule has 19 heavy (non-hydrogen) atoms. The molecule has 1 aromatic carbocycles. The molecule has 0 aliphatic rings. The van der Waals surface area contributed by atoms with E-state index in [1.807, 2.05) is 30.3 Å². The van der Waals surface area contributed by atoms with Crippen LogP contribution in [0.4, 0.5) is 0 Å². The van der Waals surface area contributed by atoms with E-state index in [2.05, 4.69) is 6.92 Å². The fraction of sp³-hybridized carbons (Fsp3) is 0.438. The first kappa shape index (κ1) is 15.4. The van der Waals surface area contributed by atoms with Crippen LogP contribution in [0, 0.1) is 5.92 Å². The molecule has 0 aliphatic carbocycles. The first-order valence-electron chi connectivity index (χ1n) is 6.77. The molecule has 2 atom stereocenters. The minimum Gasteiger partial charge on any atom is -0.393 e. The normalized spacial score (nSPS) is 14.4. The average Bonchev–Trinajstić information content (AvgIpc) is 2.38. The number of hydrogen-bond donors (Lipinski definition) is 2. The summed E-state index contributed by atoms with van der Waals surface area (Å²) in [4.78, 5) is 10.5. The lowest BCUT2D eigenvalue weighted by molar-refractivity contribution is -0.113. The van der Waals surface area contributed by atoms with Crippen molar-refractivity contribution in [3.63, 3.8) is 0 Å². The van der Waals surface area contributed by atoms with E-state index in [0.29, 0.717) is 6.42 Å². The molecule has 0 aliphatic heterocycles. The highest BCUT2D eigenvalue weighted by Crippen LogP contribution is 2.16. The van der Waals surface area contributed by atoms with Gasteiger partial charge in [0, 0.05) is 0 Å². The molecule has 1 aromatic rings. The van der Waals surface area contributed by atoms with Gasteiger partial charge >= 0.3 is 0 Å². The lowest BCUT2D eigenvalue weighted by atomic mass is 9.93. The summed E-state index contributed by atoms with van der Waals surface area (Å²) >= 11 is 0. The van der Waals surface area contributed by atoms with Crippen molar-refractivity contribution in [1.82, 2.24) is 0 Å². The van der Waals surface area contributed by atoms with Gasteiger partial charge in [0.1, 0.15) is 0 Å². The van der Waals surface area contributed by atoms with Gasteiger partial charge in [-0.25, -0.2) is 0 Å². The van der Waals surface area contributed by atoms with Gasteiger partial charge in [0.15, 0.2) is 0 Å². The number of aliphatic hydroxyl groups excluding tert-OH is 1. The van der Waals surface area contributed by atoms with E-state index in [4.69, 9.17) is 5.73 Å². The lowest BCUT2D eigenvalue weighted by Crippen LogP contribution is -2.20. The molecule has 1 amide bonds. The fourth-order valence-electron chi connectivity index (χ4n) is 2.01. The van der Waals surface area contributed by atoms with Crippen LogP contribution in [-0.2, 0) is 11.2 Å². The first-order valence-corrected chi connectivity index (χ1v) is 6.77. The van der Waals surface area contributed by atoms with Crippen LogP contribution in [0.2, 0.25) is 0 Å². The van der Waals surface area contributed by atoms with Crippen molar-refractivity contribution in [3.05, 3.63) is 48.0 Å². The maximum Gasteiger partial charge on any atom is 0.241 e. The molecule has 1 rings (SSSR count). The molecule has 3 N–H and O–H groups in total. The Bertz CT molecular complexity index is 400. The smallest absolute Gasteiger partial charge is 0.241 e. The number of benzene rings is 1. The molecular formula is C16H23NO2. The Morgan fingerprint density at radius 2 is 2.05 bits per heavy atom. The zero-order chi connectivity index (χ0) is 14.1. The summed E-state index contributed by atoms with van der Waals surface area (Å²) in [6.45, 7) is 2.06. The number of amides is 1. The third-order valence-corrected chi connectivity index (χ3v) is 3.26. The maximum atomic E-state index is 10.5. The zero-order valence-corrected chi connectivity index (χ0v) is 11.5. The molecule has 0 heterocycles. The molecule has 0 saturated heterocycles. The molecule has 0 bridgehead atoms. The third-order valence-electron chi connectivity index (χ3n) is 3.26. The number of allylic oxidation sites excluding steroid dienone is 1. The van der Waals surface area contributed by atoms with Crippen molar-refractivity contribution < 1.29 is 9.90 Å². The van der Waals surface area contributed by atoms with Gasteiger partial charge in [-0.05, 0) is 43.2 Å². The molecule has 3 heteroatoms. The highest BCUT2D eigenvalue weighted by atomic mass is 16.3. The Kier molecular flexibility index (Phi) is 6.90. The maximum absolute atomic E-state index is 10.5. The van der Waals surface area contributed by atoms with Crippen LogP contribution in [0.15, 0.2) is 42.5 Å². The topological polar surface area (TPSA) is 63.3 Å². The van der Waals surface area contributed by atoms with Gasteiger partial charge in [0.2, 0.25) is 5.91 Å². The highest BCUT2D eigenvalue weighted by Gasteiger charge is 2.13. The summed E-state index contributed by atoms with van der Waals surface area (Å²) in [5.74, 6) is -0.153. The number of hydrogen-bond acceptors (Lipinski definition) is 2. The first-order chi connectivity index (χ1) is 9.09. The molecule has 2 unspecified atom stereocenters. The zero-order valence-electron chi connectivity index (χ0n) is 11.5. The van der Waals surface area contributed by atoms with Crippen LogP contribution in [0.1, 0.15) is 31.7 Å². The van der Waals surface area contributed by atoms with E-state index in [1.54, 1.807) is 6.08 Å². The summed E-state index contributed by atoms with van der Waals surface area (Å²) < 4.78 is 0. The Balaban J connectivity index is 2.25. The molecular weight excluding hydrogens is 238 g/mol. The van der Waals surface area contributed by atoms with Gasteiger partial charge < -0.3 is 10.8 Å². The lowest BCUT2D eigenvalue weighted by Gasteiger charge is -2.18. The second-order valence-electron chi connectivity index (χ2n) is 4.97. The van der Waals surface area contributed by atoms with E-state index in [9.17, 15) is 9.90 Å². The van der Waals surface area contributed by atoms with Crippen LogP contribution in [0.25, 0.3) is 0 Å². The summed E-state index contributed by atoms with van der Waals surface area (Å²) in [6.07, 6.45) is 6.28. The SMILES string of the molecule is CC(CCC/C=C/C(N)=O)C(O)Cc1ccccc1. The average molecular weight is 261 g/mol. The number of carbonyl (C=O) groups is 1. The molecule has 0 spiro atoms. The van der Waals surface area contributed by atoms with Crippen LogP contribution < -0.4 is 5.73 Å². The van der Waals surface area contributed by atoms with Crippen molar-refractivity contribution in [2.75, 3.05) is 0 Å². The molecule has 0 saturated carbocycles. The molecule has 0 fully saturated rings. The van der Waals surface area contributed by atoms with Crippen LogP contribution in [0.3, 0.4) is 0 Å². The summed E-state index contributed by atoms with van der Waals surface area (Å²) in [7, 11) is 0. The predicted molar refractivity (Wildman–Crippen MR) is 77.5 cm³/mol. The van der Waals surface area contributed by atoms with Gasteiger partial charge in [-0.2, -0.15) is 0 Å². The van der Waals surface area contributed by atoms with E-state index in [0.717, 1.165) is 24.8 Å². The van der Waals surface area contributed by atoms with E-state index < -0.39 is 5.91 Å². The van der Waals surface area contributed by atoms with Crippen molar-refractivity contribution in [3.8, 4) is 0 Å². The van der Waals surface area contributed by atoms with Gasteiger partial charge in [-0.3, -0.25) is 4.79 Å². The van der Waals surface area contributed by atoms with E-state index in [-0.39, 0.29) is 12.0 Å². The number of unbranched alkanes of at least 4 members (excludes halogenated alkanes) is 1. The summed E-state index contributed by atoms with van der Waals surface area (Å²) in [6, 6.07) is 10.0. The third kappa shape index (κ3) is 6.77. The largest absolute Gasteiger partial charge is 0.393 e. The van der Waals surface area contributed by atoms with Crippen LogP contribution in [0.5, 0.6) is 0 Å². The predicted octanol–water partition coefficient (Wildman–Crippen LogP) is 2.44. The van der Waals surface area contributed by atoms with E-state index in [1.165, 1.54) is 6.08 Å². The molecule has 0 radical (unpaired) electrons. The van der Waals surface area contributed by atoms with Crippen molar-refractivity contribution in [2.24, 2.45) is 11.7 Å². The van der Waals surface area contributed by atoms with Gasteiger partial charge in [-0.15, -0.1) is 0 Å². The quantitative estimate of drug-likeness (QED) is 0.557. The fourth-order valence-corrected chi connectivity index (χ4v) is 2.01. The summed E-state index contributed by atoms with van der Waals surface area (Å²) in [5, 5.41) is 10.1. The number of primary amides is 1. The highest BCUT2D eigenvalue weighted by molar-refractivity contribution is 5.85. The van der Waals surface area contributed by atoms with Crippen LogP contribution >= 0.6 is 0 Å². The second kappa shape index (κ2) is 8.48. The molecule has 0 aromatic heterocycles. The van der Waals surface area contributed by atoms with Crippen molar-refractivity contribution in [2.45, 2.75) is 38.7 Å². The second-order valence-corrected chi connectivity index (χ2v) is 4.97. The number of rotatable bonds is 8. The van der Waals surface area contributed by atoms with Gasteiger partial charge in [0.25, 0.3) is 0 Å². The van der Waals surface area contributed by atoms with Gasteiger partial charge in [-0.1, -0.05) is 43.3 Å². The monoisotopic (exact) mass is 261 g/mol. The number of nitrogens with two attached hydrogens (primary N) is 1. The Morgan fingerprint density at radius 3 is 2.68 bits per heavy atom. The summed E-state index contributed by atoms with van der Waals surface area (Å²) in [5.41, 5.74) is 6.17. The van der Waals surface area contributed by atoms with Gasteiger partial charge in [0.05, 0.1) is 6.10 Å². The minimum atomic E-state index is -0.405. The Morgan fingerprint density at radius 1 is 1.37 bits per heavy atom.